The molecule has 2 aliphatic rings. The van der Waals surface area contributed by atoms with Gasteiger partial charge in [-0.1, -0.05) is 19.3 Å². The molecule has 1 aliphatic carbocycles. The number of guanidine groups is 2. The number of nitrogens with two attached hydrogens (primary N) is 1. The van der Waals surface area contributed by atoms with Gasteiger partial charge in [-0.15, -0.1) is 0 Å². The summed E-state index contributed by atoms with van der Waals surface area (Å²) in [6.45, 7) is 1.21. The van der Waals surface area contributed by atoms with Crippen LogP contribution < -0.4 is 26.0 Å². The lowest BCUT2D eigenvalue weighted by molar-refractivity contribution is 0.355. The molecule has 31 heavy (non-hydrogen) atoms. The fourth-order valence-corrected chi connectivity index (χ4v) is 4.05. The topological polar surface area (TPSA) is 100 Å². The molecule has 2 aromatic rings. The van der Waals surface area contributed by atoms with Crippen molar-refractivity contribution in [3.8, 4) is 5.75 Å². The van der Waals surface area contributed by atoms with Crippen LogP contribution in [0.2, 0.25) is 0 Å². The van der Waals surface area contributed by atoms with Crippen molar-refractivity contribution in [2.24, 2.45) is 21.6 Å². The van der Waals surface area contributed by atoms with Gasteiger partial charge in [-0.3, -0.25) is 10.2 Å². The molecule has 1 saturated carbocycles. The smallest absolute Gasteiger partial charge is 0.221 e. The second-order valence-corrected chi connectivity index (χ2v) is 7.83. The number of nitrogens with one attached hydrogen (secondary N) is 2. The molecule has 0 spiro atoms. The van der Waals surface area contributed by atoms with E-state index in [2.05, 4.69) is 20.6 Å². The Bertz CT molecular complexity index is 924. The Morgan fingerprint density at radius 2 is 2.10 bits per heavy atom. The molecule has 9 heteroatoms. The van der Waals surface area contributed by atoms with Gasteiger partial charge in [0, 0.05) is 12.6 Å². The fourth-order valence-electron chi connectivity index (χ4n) is 4.05. The number of hydrogen-bond donors (Lipinski definition) is 3. The predicted octanol–water partition coefficient (Wildman–Crippen LogP) is 3.16. The summed E-state index contributed by atoms with van der Waals surface area (Å²) < 4.78 is 25.0. The van der Waals surface area contributed by atoms with Crippen LogP contribution in [0.25, 0.3) is 0 Å². The lowest BCUT2D eigenvalue weighted by atomic mass is 9.89. The standard InChI is InChI=1S/C22H29FN6O2/c1-30-19-10-9-16(12-18(19)23)29-21(25-13-15-6-3-2-4-7-15)27-20(24)28-22(29)26-14-17-8-5-11-31-17/h5,8-12,15,22,26H,2-4,6-7,13-14H2,1H3,(H3,24,25,27,28). The number of rotatable bonds is 7. The van der Waals surface area contributed by atoms with Gasteiger partial charge in [-0.25, -0.2) is 9.38 Å². The molecule has 1 fully saturated rings. The van der Waals surface area contributed by atoms with Crippen molar-refractivity contribution in [3.05, 3.63) is 48.2 Å². The lowest BCUT2D eigenvalue weighted by Crippen LogP contribution is -2.56. The van der Waals surface area contributed by atoms with Crippen molar-refractivity contribution in [2.75, 3.05) is 18.6 Å². The number of anilines is 1. The molecule has 1 atom stereocenters. The summed E-state index contributed by atoms with van der Waals surface area (Å²) in [5.41, 5.74) is 6.61. The van der Waals surface area contributed by atoms with E-state index >= 15 is 0 Å². The fraction of sp³-hybridized carbons (Fsp3) is 0.455. The Kier molecular flexibility index (Phi) is 6.71. The van der Waals surface area contributed by atoms with Crippen LogP contribution in [-0.4, -0.2) is 31.9 Å². The zero-order chi connectivity index (χ0) is 21.6. The van der Waals surface area contributed by atoms with E-state index in [0.717, 1.165) is 12.3 Å². The molecule has 1 aromatic heterocycles. The molecular weight excluding hydrogens is 399 g/mol. The van der Waals surface area contributed by atoms with Gasteiger partial charge < -0.3 is 20.2 Å². The highest BCUT2D eigenvalue weighted by Gasteiger charge is 2.29. The van der Waals surface area contributed by atoms with Gasteiger partial charge in [0.2, 0.25) is 11.9 Å². The van der Waals surface area contributed by atoms with Crippen molar-refractivity contribution in [2.45, 2.75) is 44.9 Å². The summed E-state index contributed by atoms with van der Waals surface area (Å²) in [6.07, 6.45) is 7.23. The maximum Gasteiger partial charge on any atom is 0.221 e. The van der Waals surface area contributed by atoms with Crippen molar-refractivity contribution in [3.63, 3.8) is 0 Å². The van der Waals surface area contributed by atoms with Crippen molar-refractivity contribution in [1.82, 2.24) is 10.6 Å². The minimum absolute atomic E-state index is 0.160. The highest BCUT2D eigenvalue weighted by molar-refractivity contribution is 6.05. The second kappa shape index (κ2) is 9.82. The highest BCUT2D eigenvalue weighted by atomic mass is 19.1. The van der Waals surface area contributed by atoms with E-state index in [9.17, 15) is 4.39 Å². The van der Waals surface area contributed by atoms with E-state index in [1.165, 1.54) is 45.3 Å². The minimum atomic E-state index is -0.579. The Morgan fingerprint density at radius 1 is 1.26 bits per heavy atom. The second-order valence-electron chi connectivity index (χ2n) is 7.83. The van der Waals surface area contributed by atoms with E-state index < -0.39 is 12.1 Å². The number of methoxy groups -OCH3 is 1. The molecular formula is C22H29FN6O2. The normalized spacial score (nSPS) is 19.7. The average Bonchev–Trinajstić information content (AvgIpc) is 3.30. The summed E-state index contributed by atoms with van der Waals surface area (Å²) >= 11 is 0. The molecule has 0 saturated heterocycles. The maximum absolute atomic E-state index is 14.5. The van der Waals surface area contributed by atoms with Crippen LogP contribution in [-0.2, 0) is 6.54 Å². The van der Waals surface area contributed by atoms with E-state index in [4.69, 9.17) is 14.9 Å². The maximum atomic E-state index is 14.5. The molecule has 0 amide bonds. The Balaban J connectivity index is 1.58. The van der Waals surface area contributed by atoms with Gasteiger partial charge in [0.1, 0.15) is 5.76 Å². The molecule has 2 heterocycles. The summed E-state index contributed by atoms with van der Waals surface area (Å²) in [6, 6.07) is 8.48. The van der Waals surface area contributed by atoms with Gasteiger partial charge in [0.05, 0.1) is 25.6 Å². The summed E-state index contributed by atoms with van der Waals surface area (Å²) in [4.78, 5) is 10.7. The Hall–Kier alpha value is -3.07. The van der Waals surface area contributed by atoms with Crippen molar-refractivity contribution >= 4 is 17.6 Å². The first kappa shape index (κ1) is 21.2. The van der Waals surface area contributed by atoms with Gasteiger partial charge >= 0.3 is 0 Å². The predicted molar refractivity (Wildman–Crippen MR) is 118 cm³/mol. The number of ether oxygens (including phenoxy) is 1. The SMILES string of the molecule is COc1ccc(N2C(NCC3CCCCC3)=NC(N)=NC2NCc2ccco2)cc1F. The van der Waals surface area contributed by atoms with Crippen molar-refractivity contribution < 1.29 is 13.5 Å². The molecule has 8 nitrogen and oxygen atoms in total. The Morgan fingerprint density at radius 3 is 2.81 bits per heavy atom. The van der Waals surface area contributed by atoms with Crippen LogP contribution in [0.5, 0.6) is 5.75 Å². The zero-order valence-electron chi connectivity index (χ0n) is 17.7. The van der Waals surface area contributed by atoms with Gasteiger partial charge in [0.15, 0.2) is 17.9 Å². The first-order chi connectivity index (χ1) is 15.1. The van der Waals surface area contributed by atoms with Crippen LogP contribution in [0.3, 0.4) is 0 Å². The number of furan rings is 1. The molecule has 0 bridgehead atoms. The third kappa shape index (κ3) is 5.16. The molecule has 4 N–H and O–H groups in total. The van der Waals surface area contributed by atoms with E-state index in [1.807, 2.05) is 17.0 Å². The summed E-state index contributed by atoms with van der Waals surface area (Å²) in [7, 11) is 1.44. The van der Waals surface area contributed by atoms with Crippen LogP contribution in [0.4, 0.5) is 10.1 Å². The van der Waals surface area contributed by atoms with Crippen LogP contribution in [0, 0.1) is 11.7 Å². The van der Waals surface area contributed by atoms with Gasteiger partial charge in [-0.2, -0.15) is 4.99 Å². The largest absolute Gasteiger partial charge is 0.494 e. The van der Waals surface area contributed by atoms with Gasteiger partial charge in [0.25, 0.3) is 0 Å². The number of aliphatic imine (C=N–C) groups is 2. The number of nitrogens with zero attached hydrogens (tertiary/aromatic N) is 3. The number of hydrogen-bond acceptors (Lipinski definition) is 8. The molecule has 1 aromatic carbocycles. The van der Waals surface area contributed by atoms with Crippen LogP contribution in [0.15, 0.2) is 51.0 Å². The van der Waals surface area contributed by atoms with E-state index in [1.54, 1.807) is 18.4 Å². The monoisotopic (exact) mass is 428 g/mol. The lowest BCUT2D eigenvalue weighted by Gasteiger charge is -2.35. The van der Waals surface area contributed by atoms with E-state index in [0.29, 0.717) is 24.1 Å². The summed E-state index contributed by atoms with van der Waals surface area (Å²) in [5.74, 6) is 1.76. The number of halogens is 1. The average molecular weight is 429 g/mol. The number of benzene rings is 1. The van der Waals surface area contributed by atoms with E-state index in [-0.39, 0.29) is 11.7 Å². The molecule has 1 aliphatic heterocycles. The molecule has 1 unspecified atom stereocenters. The third-order valence-corrected chi connectivity index (χ3v) is 5.67. The van der Waals surface area contributed by atoms with Gasteiger partial charge in [-0.05, 0) is 43.0 Å². The first-order valence-corrected chi connectivity index (χ1v) is 10.7. The first-order valence-electron chi connectivity index (χ1n) is 10.7. The quantitative estimate of drug-likeness (QED) is 0.626. The highest BCUT2D eigenvalue weighted by Crippen LogP contribution is 2.27. The minimum Gasteiger partial charge on any atom is -0.494 e. The summed E-state index contributed by atoms with van der Waals surface area (Å²) in [5, 5.41) is 6.75. The molecule has 0 radical (unpaired) electrons. The van der Waals surface area contributed by atoms with Crippen LogP contribution >= 0.6 is 0 Å². The molecule has 166 valence electrons. The van der Waals surface area contributed by atoms with Crippen LogP contribution in [0.1, 0.15) is 37.9 Å². The van der Waals surface area contributed by atoms with Crippen molar-refractivity contribution in [1.29, 1.82) is 0 Å². The zero-order valence-corrected chi connectivity index (χ0v) is 17.7. The molecule has 4 rings (SSSR count). The third-order valence-electron chi connectivity index (χ3n) is 5.67. The Labute approximate surface area is 181 Å².